The molecule has 0 aliphatic heterocycles. The molecule has 0 saturated carbocycles. The van der Waals surface area contributed by atoms with Gasteiger partial charge in [0.1, 0.15) is 0 Å². The highest BCUT2D eigenvalue weighted by Gasteiger charge is 2.10. The third-order valence-corrected chi connectivity index (χ3v) is 1.79. The van der Waals surface area contributed by atoms with Gasteiger partial charge in [-0.25, -0.2) is 14.8 Å². The summed E-state index contributed by atoms with van der Waals surface area (Å²) in [6, 6.07) is 1.82. The molecule has 0 N–H and O–H groups in total. The van der Waals surface area contributed by atoms with Crippen molar-refractivity contribution in [2.45, 2.75) is 27.2 Å². The first-order valence-corrected chi connectivity index (χ1v) is 5.12. The van der Waals surface area contributed by atoms with Crippen LogP contribution in [0, 0.1) is 5.92 Å². The monoisotopic (exact) mass is 208 g/mol. The molecule has 15 heavy (non-hydrogen) atoms. The van der Waals surface area contributed by atoms with Crippen molar-refractivity contribution in [3.63, 3.8) is 0 Å². The van der Waals surface area contributed by atoms with E-state index in [9.17, 15) is 4.79 Å². The highest BCUT2D eigenvalue weighted by atomic mass is 16.5. The molecule has 1 aromatic heterocycles. The van der Waals surface area contributed by atoms with Crippen LogP contribution in [0.25, 0.3) is 0 Å². The van der Waals surface area contributed by atoms with Gasteiger partial charge in [0.15, 0.2) is 0 Å². The predicted octanol–water partition coefficient (Wildman–Crippen LogP) is 1.85. The van der Waals surface area contributed by atoms with Gasteiger partial charge in [0, 0.05) is 11.9 Å². The topological polar surface area (TPSA) is 52.1 Å². The van der Waals surface area contributed by atoms with Crippen molar-refractivity contribution in [1.82, 2.24) is 9.97 Å². The fourth-order valence-electron chi connectivity index (χ4n) is 1.22. The molecule has 4 nitrogen and oxygen atoms in total. The van der Waals surface area contributed by atoms with Gasteiger partial charge in [0.05, 0.1) is 6.61 Å². The molecule has 0 unspecified atom stereocenters. The van der Waals surface area contributed by atoms with Crippen LogP contribution in [0.3, 0.4) is 0 Å². The molecule has 0 bridgehead atoms. The van der Waals surface area contributed by atoms with Crippen LogP contribution >= 0.6 is 0 Å². The number of aromatic nitrogens is 2. The Labute approximate surface area is 89.7 Å². The summed E-state index contributed by atoms with van der Waals surface area (Å²) in [6.07, 6.45) is 2.44. The lowest BCUT2D eigenvalue weighted by Gasteiger charge is -2.05. The maximum absolute atomic E-state index is 11.3. The molecule has 0 spiro atoms. The molecule has 0 amide bonds. The van der Waals surface area contributed by atoms with Crippen molar-refractivity contribution < 1.29 is 9.53 Å². The van der Waals surface area contributed by atoms with Crippen LogP contribution in [0.2, 0.25) is 0 Å². The largest absolute Gasteiger partial charge is 0.460 e. The molecular formula is C11H16N2O2. The normalized spacial score (nSPS) is 10.4. The minimum atomic E-state index is -0.455. The van der Waals surface area contributed by atoms with Crippen LogP contribution in [-0.2, 0) is 11.2 Å². The van der Waals surface area contributed by atoms with Crippen LogP contribution in [-0.4, -0.2) is 22.5 Å². The summed E-state index contributed by atoms with van der Waals surface area (Å²) >= 11 is 0. The summed E-state index contributed by atoms with van der Waals surface area (Å²) in [5.41, 5.74) is 0.878. The second-order valence-electron chi connectivity index (χ2n) is 3.69. The van der Waals surface area contributed by atoms with Crippen molar-refractivity contribution in [3.05, 3.63) is 23.8 Å². The van der Waals surface area contributed by atoms with E-state index >= 15 is 0 Å². The molecule has 0 radical (unpaired) electrons. The van der Waals surface area contributed by atoms with Crippen LogP contribution in [0.1, 0.15) is 37.1 Å². The smallest absolute Gasteiger partial charge is 0.376 e. The summed E-state index contributed by atoms with van der Waals surface area (Å²) in [6.45, 7) is 6.31. The molecule has 1 rings (SSSR count). The van der Waals surface area contributed by atoms with Crippen LogP contribution in [0.5, 0.6) is 0 Å². The minimum absolute atomic E-state index is 0.148. The molecule has 82 valence electrons. The lowest BCUT2D eigenvalue weighted by atomic mass is 10.1. The molecule has 0 aromatic carbocycles. The number of hydrogen-bond acceptors (Lipinski definition) is 4. The van der Waals surface area contributed by atoms with Gasteiger partial charge in [-0.2, -0.15) is 0 Å². The third-order valence-electron chi connectivity index (χ3n) is 1.79. The second kappa shape index (κ2) is 5.44. The van der Waals surface area contributed by atoms with Gasteiger partial charge < -0.3 is 4.74 Å². The summed E-state index contributed by atoms with van der Waals surface area (Å²) in [5, 5.41) is 0. The quantitative estimate of drug-likeness (QED) is 0.708. The second-order valence-corrected chi connectivity index (χ2v) is 3.69. The number of ether oxygens (including phenoxy) is 1. The van der Waals surface area contributed by atoms with Crippen LogP contribution in [0.4, 0.5) is 0 Å². The molecular weight excluding hydrogens is 192 g/mol. The highest BCUT2D eigenvalue weighted by molar-refractivity contribution is 5.84. The van der Waals surface area contributed by atoms with Crippen molar-refractivity contribution in [1.29, 1.82) is 0 Å². The first-order chi connectivity index (χ1) is 7.13. The van der Waals surface area contributed by atoms with E-state index in [2.05, 4.69) is 23.8 Å². The molecule has 0 saturated heterocycles. The maximum atomic E-state index is 11.3. The summed E-state index contributed by atoms with van der Waals surface area (Å²) in [5.74, 6) is 0.202. The molecule has 0 aliphatic carbocycles. The zero-order valence-corrected chi connectivity index (χ0v) is 9.36. The van der Waals surface area contributed by atoms with E-state index in [1.165, 1.54) is 0 Å². The molecule has 1 aromatic rings. The van der Waals surface area contributed by atoms with Crippen LogP contribution in [0.15, 0.2) is 12.3 Å². The van der Waals surface area contributed by atoms with Crippen LogP contribution < -0.4 is 0 Å². The predicted molar refractivity (Wildman–Crippen MR) is 56.5 cm³/mol. The molecule has 4 heteroatoms. The number of esters is 1. The van der Waals surface area contributed by atoms with Gasteiger partial charge in [-0.15, -0.1) is 0 Å². The van der Waals surface area contributed by atoms with Gasteiger partial charge >= 0.3 is 5.97 Å². The van der Waals surface area contributed by atoms with Crippen molar-refractivity contribution in [3.8, 4) is 0 Å². The van der Waals surface area contributed by atoms with E-state index < -0.39 is 5.97 Å². The number of rotatable bonds is 4. The zero-order chi connectivity index (χ0) is 11.3. The number of carbonyl (C=O) groups is 1. The van der Waals surface area contributed by atoms with Crippen molar-refractivity contribution in [2.24, 2.45) is 5.92 Å². The fourth-order valence-corrected chi connectivity index (χ4v) is 1.22. The average Bonchev–Trinajstić information content (AvgIpc) is 2.17. The lowest BCUT2D eigenvalue weighted by Crippen LogP contribution is -2.11. The first-order valence-electron chi connectivity index (χ1n) is 5.12. The summed E-state index contributed by atoms with van der Waals surface area (Å²) < 4.78 is 4.82. The van der Waals surface area contributed by atoms with Crippen molar-refractivity contribution >= 4 is 5.97 Å². The standard InChI is InChI=1S/C11H16N2O2/c1-4-15-11(14)10-12-6-5-9(13-10)7-8(2)3/h5-6,8H,4,7H2,1-3H3. The van der Waals surface area contributed by atoms with Gasteiger partial charge in [0.2, 0.25) is 5.82 Å². The minimum Gasteiger partial charge on any atom is -0.460 e. The number of carbonyl (C=O) groups excluding carboxylic acids is 1. The molecule has 1 heterocycles. The Kier molecular flexibility index (Phi) is 4.21. The zero-order valence-electron chi connectivity index (χ0n) is 9.36. The molecule has 0 atom stereocenters. The Morgan fingerprint density at radius 3 is 2.87 bits per heavy atom. The fraction of sp³-hybridized carbons (Fsp3) is 0.545. The van der Waals surface area contributed by atoms with Gasteiger partial charge in [-0.1, -0.05) is 13.8 Å². The summed E-state index contributed by atoms with van der Waals surface area (Å²) in [4.78, 5) is 19.4. The average molecular weight is 208 g/mol. The Bertz CT molecular complexity index is 337. The Balaban J connectivity index is 2.78. The van der Waals surface area contributed by atoms with Gasteiger partial charge in [-0.3, -0.25) is 0 Å². The van der Waals surface area contributed by atoms with E-state index in [4.69, 9.17) is 4.74 Å². The van der Waals surface area contributed by atoms with Crippen molar-refractivity contribution in [2.75, 3.05) is 6.61 Å². The van der Waals surface area contributed by atoms with E-state index in [-0.39, 0.29) is 5.82 Å². The third kappa shape index (κ3) is 3.65. The first kappa shape index (κ1) is 11.6. The highest BCUT2D eigenvalue weighted by Crippen LogP contribution is 2.05. The van der Waals surface area contributed by atoms with E-state index in [1.54, 1.807) is 13.1 Å². The number of hydrogen-bond donors (Lipinski definition) is 0. The van der Waals surface area contributed by atoms with Gasteiger partial charge in [-0.05, 0) is 25.3 Å². The number of nitrogens with zero attached hydrogens (tertiary/aromatic N) is 2. The van der Waals surface area contributed by atoms with E-state index in [1.807, 2.05) is 6.07 Å². The Morgan fingerprint density at radius 1 is 1.53 bits per heavy atom. The molecule has 0 fully saturated rings. The maximum Gasteiger partial charge on any atom is 0.376 e. The Morgan fingerprint density at radius 2 is 2.27 bits per heavy atom. The Hall–Kier alpha value is -1.45. The van der Waals surface area contributed by atoms with E-state index in [0.717, 1.165) is 12.1 Å². The SMILES string of the molecule is CCOC(=O)c1nccc(CC(C)C)n1. The summed E-state index contributed by atoms with van der Waals surface area (Å²) in [7, 11) is 0. The van der Waals surface area contributed by atoms with Gasteiger partial charge in [0.25, 0.3) is 0 Å². The molecule has 0 aliphatic rings. The van der Waals surface area contributed by atoms with E-state index in [0.29, 0.717) is 12.5 Å². The lowest BCUT2D eigenvalue weighted by molar-refractivity contribution is 0.0511.